The molecule has 1 heterocycles. The van der Waals surface area contributed by atoms with Crippen LogP contribution in [-0.4, -0.2) is 17.5 Å². The number of rotatable bonds is 3. The van der Waals surface area contributed by atoms with E-state index in [1.165, 1.54) is 0 Å². The second-order valence-electron chi connectivity index (χ2n) is 8.80. The minimum atomic E-state index is -0.790. The quantitative estimate of drug-likeness (QED) is 0.693. The van der Waals surface area contributed by atoms with Crippen LogP contribution in [-0.2, 0) is 25.5 Å². The molecule has 1 spiro atoms. The Morgan fingerprint density at radius 2 is 1.85 bits per heavy atom. The maximum Gasteiger partial charge on any atom is 0.343 e. The Kier molecular flexibility index (Phi) is 5.20. The van der Waals surface area contributed by atoms with Crippen molar-refractivity contribution in [3.63, 3.8) is 0 Å². The van der Waals surface area contributed by atoms with Gasteiger partial charge in [-0.25, -0.2) is 4.79 Å². The van der Waals surface area contributed by atoms with Crippen LogP contribution in [0.5, 0.6) is 0 Å². The normalized spacial score (nSPS) is 19.4. The Hall–Kier alpha value is -2.10. The predicted octanol–water partition coefficient (Wildman–Crippen LogP) is 5.12. The maximum absolute atomic E-state index is 13.0. The zero-order valence-corrected chi connectivity index (χ0v) is 17.1. The number of esters is 2. The molecule has 146 valence electrons. The van der Waals surface area contributed by atoms with Crippen molar-refractivity contribution < 1.29 is 19.1 Å². The van der Waals surface area contributed by atoms with Crippen LogP contribution >= 0.6 is 0 Å². The van der Waals surface area contributed by atoms with Gasteiger partial charge in [0.1, 0.15) is 5.57 Å². The van der Waals surface area contributed by atoms with E-state index in [-0.39, 0.29) is 11.9 Å². The minimum absolute atomic E-state index is 0.330. The van der Waals surface area contributed by atoms with Crippen molar-refractivity contribution in [3.8, 4) is 0 Å². The number of benzene rings is 1. The van der Waals surface area contributed by atoms with Crippen LogP contribution in [0.4, 0.5) is 0 Å². The molecule has 4 heteroatoms. The molecule has 0 amide bonds. The van der Waals surface area contributed by atoms with Crippen molar-refractivity contribution in [1.82, 2.24) is 0 Å². The SMILES string of the molecule is CCc1cc(C)ccc1C1=C(OC(=O)C(C)(C)C)C2(CCCCC2)OC1=O. The van der Waals surface area contributed by atoms with Gasteiger partial charge >= 0.3 is 11.9 Å². The smallest absolute Gasteiger partial charge is 0.343 e. The van der Waals surface area contributed by atoms with Crippen LogP contribution in [0, 0.1) is 12.3 Å². The monoisotopic (exact) mass is 370 g/mol. The fourth-order valence-corrected chi connectivity index (χ4v) is 3.93. The molecule has 1 aliphatic carbocycles. The summed E-state index contributed by atoms with van der Waals surface area (Å²) in [5, 5.41) is 0. The summed E-state index contributed by atoms with van der Waals surface area (Å²) in [4.78, 5) is 25.7. The molecule has 0 aromatic heterocycles. The molecule has 1 fully saturated rings. The van der Waals surface area contributed by atoms with Gasteiger partial charge in [-0.05, 0) is 70.9 Å². The summed E-state index contributed by atoms with van der Waals surface area (Å²) >= 11 is 0. The average Bonchev–Trinajstić information content (AvgIpc) is 2.86. The van der Waals surface area contributed by atoms with Crippen LogP contribution < -0.4 is 0 Å². The highest BCUT2D eigenvalue weighted by molar-refractivity contribution is 6.20. The summed E-state index contributed by atoms with van der Waals surface area (Å²) in [6, 6.07) is 6.03. The van der Waals surface area contributed by atoms with E-state index in [2.05, 4.69) is 13.0 Å². The molecule has 1 aromatic carbocycles. The molecule has 0 N–H and O–H groups in total. The van der Waals surface area contributed by atoms with Crippen molar-refractivity contribution in [2.24, 2.45) is 5.41 Å². The van der Waals surface area contributed by atoms with E-state index >= 15 is 0 Å². The first-order valence-corrected chi connectivity index (χ1v) is 9.98. The van der Waals surface area contributed by atoms with Crippen LogP contribution in [0.1, 0.15) is 76.5 Å². The van der Waals surface area contributed by atoms with Crippen molar-refractivity contribution in [2.45, 2.75) is 78.7 Å². The molecule has 0 unspecified atom stereocenters. The van der Waals surface area contributed by atoms with Gasteiger partial charge in [-0.2, -0.15) is 0 Å². The third-order valence-corrected chi connectivity index (χ3v) is 5.51. The minimum Gasteiger partial charge on any atom is -0.447 e. The number of aryl methyl sites for hydroxylation is 2. The van der Waals surface area contributed by atoms with Gasteiger partial charge in [0.2, 0.25) is 0 Å². The highest BCUT2D eigenvalue weighted by atomic mass is 16.6. The summed E-state index contributed by atoms with van der Waals surface area (Å²) in [7, 11) is 0. The fraction of sp³-hybridized carbons (Fsp3) is 0.565. The second-order valence-corrected chi connectivity index (χ2v) is 8.80. The third-order valence-electron chi connectivity index (χ3n) is 5.51. The Bertz CT molecular complexity index is 789. The lowest BCUT2D eigenvalue weighted by Crippen LogP contribution is -2.37. The van der Waals surface area contributed by atoms with Gasteiger partial charge in [0.15, 0.2) is 11.4 Å². The van der Waals surface area contributed by atoms with Crippen LogP contribution in [0.25, 0.3) is 5.57 Å². The fourth-order valence-electron chi connectivity index (χ4n) is 3.93. The van der Waals surface area contributed by atoms with Gasteiger partial charge in [0.05, 0.1) is 5.41 Å². The van der Waals surface area contributed by atoms with E-state index in [0.717, 1.165) is 42.4 Å². The summed E-state index contributed by atoms with van der Waals surface area (Å²) in [5.41, 5.74) is 2.03. The number of carbonyl (C=O) groups is 2. The number of ether oxygens (including phenoxy) is 2. The molecule has 1 aromatic rings. The molecular weight excluding hydrogens is 340 g/mol. The molecule has 0 radical (unpaired) electrons. The average molecular weight is 370 g/mol. The van der Waals surface area contributed by atoms with E-state index in [1.807, 2.05) is 39.8 Å². The van der Waals surface area contributed by atoms with Crippen molar-refractivity contribution >= 4 is 17.5 Å². The Balaban J connectivity index is 2.17. The number of hydrogen-bond acceptors (Lipinski definition) is 4. The molecule has 1 aliphatic heterocycles. The highest BCUT2D eigenvalue weighted by Gasteiger charge is 2.51. The van der Waals surface area contributed by atoms with Gasteiger partial charge in [-0.15, -0.1) is 0 Å². The van der Waals surface area contributed by atoms with Gasteiger partial charge in [-0.3, -0.25) is 4.79 Å². The van der Waals surface area contributed by atoms with Crippen LogP contribution in [0.15, 0.2) is 24.0 Å². The van der Waals surface area contributed by atoms with Crippen molar-refractivity contribution in [3.05, 3.63) is 40.6 Å². The van der Waals surface area contributed by atoms with E-state index in [9.17, 15) is 9.59 Å². The zero-order chi connectivity index (χ0) is 19.8. The van der Waals surface area contributed by atoms with Crippen LogP contribution in [0.2, 0.25) is 0 Å². The first kappa shape index (κ1) is 19.7. The molecule has 0 bridgehead atoms. The first-order chi connectivity index (χ1) is 12.7. The van der Waals surface area contributed by atoms with Gasteiger partial charge in [0.25, 0.3) is 0 Å². The van der Waals surface area contributed by atoms with Gasteiger partial charge in [-0.1, -0.05) is 37.1 Å². The molecule has 1 saturated carbocycles. The molecule has 4 nitrogen and oxygen atoms in total. The maximum atomic E-state index is 13.0. The number of carbonyl (C=O) groups excluding carboxylic acids is 2. The third kappa shape index (κ3) is 3.67. The van der Waals surface area contributed by atoms with E-state index in [0.29, 0.717) is 24.2 Å². The molecular formula is C23H30O4. The lowest BCUT2D eigenvalue weighted by molar-refractivity contribution is -0.159. The Morgan fingerprint density at radius 3 is 2.44 bits per heavy atom. The van der Waals surface area contributed by atoms with Crippen LogP contribution in [0.3, 0.4) is 0 Å². The molecule has 2 aliphatic rings. The highest BCUT2D eigenvalue weighted by Crippen LogP contribution is 2.48. The first-order valence-electron chi connectivity index (χ1n) is 9.98. The molecule has 0 atom stereocenters. The van der Waals surface area contributed by atoms with E-state index < -0.39 is 11.0 Å². The van der Waals surface area contributed by atoms with Crippen molar-refractivity contribution in [2.75, 3.05) is 0 Å². The molecule has 27 heavy (non-hydrogen) atoms. The summed E-state index contributed by atoms with van der Waals surface area (Å²) in [5.74, 6) is -0.263. The van der Waals surface area contributed by atoms with Crippen molar-refractivity contribution in [1.29, 1.82) is 0 Å². The topological polar surface area (TPSA) is 52.6 Å². The Labute approximate surface area is 161 Å². The summed E-state index contributed by atoms with van der Waals surface area (Å²) in [6.45, 7) is 9.57. The predicted molar refractivity (Wildman–Crippen MR) is 105 cm³/mol. The van der Waals surface area contributed by atoms with Gasteiger partial charge < -0.3 is 9.47 Å². The lowest BCUT2D eigenvalue weighted by atomic mass is 9.81. The van der Waals surface area contributed by atoms with Gasteiger partial charge in [0, 0.05) is 0 Å². The largest absolute Gasteiger partial charge is 0.447 e. The zero-order valence-electron chi connectivity index (χ0n) is 17.1. The standard InChI is InChI=1S/C23H30O4/c1-6-16-14-15(2)10-11-17(16)18-19(26-21(25)22(3,4)5)23(27-20(18)24)12-8-7-9-13-23/h10-11,14H,6-9,12-13H2,1-5H3. The second kappa shape index (κ2) is 7.14. The van der Waals surface area contributed by atoms with E-state index in [1.54, 1.807) is 0 Å². The lowest BCUT2D eigenvalue weighted by Gasteiger charge is -2.34. The summed E-state index contributed by atoms with van der Waals surface area (Å²) in [6.07, 6.45) is 5.25. The Morgan fingerprint density at radius 1 is 1.19 bits per heavy atom. The molecule has 3 rings (SSSR count). The summed E-state index contributed by atoms with van der Waals surface area (Å²) < 4.78 is 11.9. The van der Waals surface area contributed by atoms with E-state index in [4.69, 9.17) is 9.47 Å². The molecule has 0 saturated heterocycles. The number of hydrogen-bond donors (Lipinski definition) is 0.